The van der Waals surface area contributed by atoms with E-state index < -0.39 is 17.5 Å². The Balaban J connectivity index is 2.19. The van der Waals surface area contributed by atoms with Gasteiger partial charge in [0.1, 0.15) is 5.75 Å². The number of aromatic nitrogens is 2. The zero-order chi connectivity index (χ0) is 17.7. The SMILES string of the molecule is CCn1cc(NC(=O)C(C)(C)Oc2ccccc2)c(C(=O)OC)n1. The number of para-hydroxylation sites is 1. The summed E-state index contributed by atoms with van der Waals surface area (Å²) in [5.41, 5.74) is -0.787. The van der Waals surface area contributed by atoms with Crippen molar-refractivity contribution in [1.29, 1.82) is 0 Å². The normalized spacial score (nSPS) is 11.0. The van der Waals surface area contributed by atoms with Gasteiger partial charge in [0.05, 0.1) is 12.8 Å². The van der Waals surface area contributed by atoms with Crippen molar-refractivity contribution >= 4 is 17.6 Å². The van der Waals surface area contributed by atoms with E-state index in [0.29, 0.717) is 18.0 Å². The van der Waals surface area contributed by atoms with Crippen molar-refractivity contribution in [2.75, 3.05) is 12.4 Å². The van der Waals surface area contributed by atoms with Crippen LogP contribution in [0.15, 0.2) is 36.5 Å². The minimum Gasteiger partial charge on any atom is -0.478 e. The summed E-state index contributed by atoms with van der Waals surface area (Å²) in [6, 6.07) is 9.05. The number of carbonyl (C=O) groups excluding carboxylic acids is 2. The molecule has 1 aromatic carbocycles. The maximum atomic E-state index is 12.6. The van der Waals surface area contributed by atoms with Crippen LogP contribution in [0, 0.1) is 0 Å². The van der Waals surface area contributed by atoms with Crippen LogP contribution in [-0.4, -0.2) is 34.4 Å². The van der Waals surface area contributed by atoms with Gasteiger partial charge in [0.2, 0.25) is 0 Å². The van der Waals surface area contributed by atoms with Gasteiger partial charge in [0.25, 0.3) is 5.91 Å². The van der Waals surface area contributed by atoms with E-state index >= 15 is 0 Å². The summed E-state index contributed by atoms with van der Waals surface area (Å²) < 4.78 is 12.0. The number of amides is 1. The highest BCUT2D eigenvalue weighted by Gasteiger charge is 2.32. The Kier molecular flexibility index (Phi) is 5.23. The molecule has 2 rings (SSSR count). The minimum absolute atomic E-state index is 0.0585. The molecule has 1 amide bonds. The number of esters is 1. The zero-order valence-corrected chi connectivity index (χ0v) is 14.2. The number of rotatable bonds is 6. The van der Waals surface area contributed by atoms with Gasteiger partial charge in [-0.05, 0) is 32.9 Å². The molecule has 2 aromatic rings. The van der Waals surface area contributed by atoms with Gasteiger partial charge in [0.15, 0.2) is 11.3 Å². The van der Waals surface area contributed by atoms with Crippen LogP contribution in [0.5, 0.6) is 5.75 Å². The lowest BCUT2D eigenvalue weighted by Crippen LogP contribution is -2.42. The number of aryl methyl sites for hydroxylation is 1. The van der Waals surface area contributed by atoms with Gasteiger partial charge in [-0.15, -0.1) is 0 Å². The Morgan fingerprint density at radius 3 is 2.50 bits per heavy atom. The summed E-state index contributed by atoms with van der Waals surface area (Å²) in [5.74, 6) is -0.429. The monoisotopic (exact) mass is 331 g/mol. The van der Waals surface area contributed by atoms with Gasteiger partial charge >= 0.3 is 5.97 Å². The molecule has 0 bridgehead atoms. The number of methoxy groups -OCH3 is 1. The molecule has 7 heteroatoms. The number of nitrogens with one attached hydrogen (secondary N) is 1. The second kappa shape index (κ2) is 7.16. The first-order valence-electron chi connectivity index (χ1n) is 7.58. The lowest BCUT2D eigenvalue weighted by atomic mass is 10.1. The highest BCUT2D eigenvalue weighted by Crippen LogP contribution is 2.21. The average Bonchev–Trinajstić information content (AvgIpc) is 2.97. The summed E-state index contributed by atoms with van der Waals surface area (Å²) in [7, 11) is 1.27. The fourth-order valence-electron chi connectivity index (χ4n) is 2.02. The number of hydrogen-bond acceptors (Lipinski definition) is 5. The number of hydrogen-bond donors (Lipinski definition) is 1. The fraction of sp³-hybridized carbons (Fsp3) is 0.353. The molecule has 1 aromatic heterocycles. The minimum atomic E-state index is -1.14. The maximum absolute atomic E-state index is 12.6. The van der Waals surface area contributed by atoms with Crippen LogP contribution in [0.4, 0.5) is 5.69 Å². The molecular formula is C17H21N3O4. The van der Waals surface area contributed by atoms with Crippen LogP contribution in [0.3, 0.4) is 0 Å². The lowest BCUT2D eigenvalue weighted by molar-refractivity contribution is -0.128. The van der Waals surface area contributed by atoms with E-state index in [1.54, 1.807) is 36.9 Å². The molecule has 1 heterocycles. The first kappa shape index (κ1) is 17.5. The molecule has 0 aliphatic heterocycles. The van der Waals surface area contributed by atoms with E-state index in [9.17, 15) is 9.59 Å². The first-order valence-corrected chi connectivity index (χ1v) is 7.58. The molecule has 0 atom stereocenters. The predicted molar refractivity (Wildman–Crippen MR) is 89.0 cm³/mol. The van der Waals surface area contributed by atoms with E-state index in [1.165, 1.54) is 7.11 Å². The standard InChI is InChI=1S/C17H21N3O4/c1-5-20-11-13(14(19-20)15(21)23-4)18-16(22)17(2,3)24-12-9-7-6-8-10-12/h6-11H,5H2,1-4H3,(H,18,22). The van der Waals surface area contributed by atoms with Crippen LogP contribution < -0.4 is 10.1 Å². The summed E-state index contributed by atoms with van der Waals surface area (Å²) in [5, 5.41) is 6.80. The van der Waals surface area contributed by atoms with E-state index in [0.717, 1.165) is 0 Å². The predicted octanol–water partition coefficient (Wildman–Crippen LogP) is 2.49. The molecule has 7 nitrogen and oxygen atoms in total. The molecule has 0 spiro atoms. The first-order chi connectivity index (χ1) is 11.4. The Hall–Kier alpha value is -2.83. The van der Waals surface area contributed by atoms with Crippen molar-refractivity contribution in [2.45, 2.75) is 32.9 Å². The second-order valence-corrected chi connectivity index (χ2v) is 5.62. The third kappa shape index (κ3) is 3.92. The van der Waals surface area contributed by atoms with E-state index in [2.05, 4.69) is 10.4 Å². The molecule has 1 N–H and O–H groups in total. The Morgan fingerprint density at radius 2 is 1.92 bits per heavy atom. The van der Waals surface area contributed by atoms with E-state index in [-0.39, 0.29) is 5.69 Å². The highest BCUT2D eigenvalue weighted by molar-refractivity contribution is 6.02. The molecule has 0 saturated heterocycles. The summed E-state index contributed by atoms with van der Waals surface area (Å²) in [6.45, 7) is 5.74. The van der Waals surface area contributed by atoms with Gasteiger partial charge in [-0.1, -0.05) is 18.2 Å². The van der Waals surface area contributed by atoms with Crippen LogP contribution in [0.25, 0.3) is 0 Å². The van der Waals surface area contributed by atoms with Crippen molar-refractivity contribution in [2.24, 2.45) is 0 Å². The third-order valence-electron chi connectivity index (χ3n) is 3.38. The Bertz CT molecular complexity index is 723. The smallest absolute Gasteiger partial charge is 0.360 e. The molecule has 0 fully saturated rings. The van der Waals surface area contributed by atoms with Gasteiger partial charge in [0, 0.05) is 12.7 Å². The maximum Gasteiger partial charge on any atom is 0.360 e. The Morgan fingerprint density at radius 1 is 1.25 bits per heavy atom. The van der Waals surface area contributed by atoms with Crippen LogP contribution in [0.2, 0.25) is 0 Å². The quantitative estimate of drug-likeness (QED) is 0.822. The topological polar surface area (TPSA) is 82.5 Å². The van der Waals surface area contributed by atoms with Crippen LogP contribution >= 0.6 is 0 Å². The Labute approximate surface area is 140 Å². The fourth-order valence-corrected chi connectivity index (χ4v) is 2.02. The van der Waals surface area contributed by atoms with E-state index in [4.69, 9.17) is 9.47 Å². The zero-order valence-electron chi connectivity index (χ0n) is 14.2. The summed E-state index contributed by atoms with van der Waals surface area (Å²) in [4.78, 5) is 24.4. The van der Waals surface area contributed by atoms with Crippen molar-refractivity contribution in [3.8, 4) is 5.75 Å². The number of anilines is 1. The number of benzene rings is 1. The molecule has 0 aliphatic carbocycles. The molecule has 0 unspecified atom stereocenters. The second-order valence-electron chi connectivity index (χ2n) is 5.62. The van der Waals surface area contributed by atoms with Gasteiger partial charge < -0.3 is 14.8 Å². The highest BCUT2D eigenvalue weighted by atomic mass is 16.5. The van der Waals surface area contributed by atoms with Crippen molar-refractivity contribution < 1.29 is 19.1 Å². The number of nitrogens with zero attached hydrogens (tertiary/aromatic N) is 2. The molecule has 0 radical (unpaired) electrons. The number of ether oxygens (including phenoxy) is 2. The van der Waals surface area contributed by atoms with Gasteiger partial charge in [-0.25, -0.2) is 4.79 Å². The van der Waals surface area contributed by atoms with Crippen LogP contribution in [0.1, 0.15) is 31.3 Å². The molecule has 24 heavy (non-hydrogen) atoms. The largest absolute Gasteiger partial charge is 0.478 e. The van der Waals surface area contributed by atoms with Crippen molar-refractivity contribution in [3.63, 3.8) is 0 Å². The number of carbonyl (C=O) groups is 2. The summed E-state index contributed by atoms with van der Waals surface area (Å²) in [6.07, 6.45) is 1.59. The molecule has 0 saturated carbocycles. The van der Waals surface area contributed by atoms with Crippen molar-refractivity contribution in [1.82, 2.24) is 9.78 Å². The van der Waals surface area contributed by atoms with E-state index in [1.807, 2.05) is 25.1 Å². The average molecular weight is 331 g/mol. The van der Waals surface area contributed by atoms with Crippen molar-refractivity contribution in [3.05, 3.63) is 42.2 Å². The van der Waals surface area contributed by atoms with Crippen LogP contribution in [-0.2, 0) is 16.1 Å². The molecular weight excluding hydrogens is 310 g/mol. The third-order valence-corrected chi connectivity index (χ3v) is 3.38. The molecule has 128 valence electrons. The van der Waals surface area contributed by atoms with Gasteiger partial charge in [-0.3, -0.25) is 9.48 Å². The summed E-state index contributed by atoms with van der Waals surface area (Å²) >= 11 is 0. The molecule has 0 aliphatic rings. The lowest BCUT2D eigenvalue weighted by Gasteiger charge is -2.25. The van der Waals surface area contributed by atoms with Gasteiger partial charge in [-0.2, -0.15) is 5.10 Å².